The van der Waals surface area contributed by atoms with Crippen molar-refractivity contribution < 1.29 is 4.74 Å². The molecule has 1 aliphatic heterocycles. The zero-order valence-corrected chi connectivity index (χ0v) is 8.47. The molecule has 1 aromatic rings. The second-order valence-corrected chi connectivity index (χ2v) is 4.00. The average Bonchev–Trinajstić information content (AvgIpc) is 2.86. The highest BCUT2D eigenvalue weighted by Gasteiger charge is 2.21. The molecule has 0 saturated carbocycles. The van der Waals surface area contributed by atoms with Crippen LogP contribution in [0.5, 0.6) is 0 Å². The molecule has 1 atom stereocenters. The van der Waals surface area contributed by atoms with E-state index in [0.29, 0.717) is 6.10 Å². The van der Waals surface area contributed by atoms with Crippen molar-refractivity contribution in [1.29, 1.82) is 0 Å². The molecule has 70 valence electrons. The Balaban J connectivity index is 2.01. The minimum Gasteiger partial charge on any atom is -0.373 e. The molecule has 2 rings (SSSR count). The van der Waals surface area contributed by atoms with Crippen LogP contribution < -0.4 is 0 Å². The van der Waals surface area contributed by atoms with Crippen LogP contribution in [0, 0.1) is 6.92 Å². The summed E-state index contributed by atoms with van der Waals surface area (Å²) in [5.41, 5.74) is 2.46. The van der Waals surface area contributed by atoms with Crippen molar-refractivity contribution in [2.45, 2.75) is 25.9 Å². The SMILES string of the molecule is Cc1ccc(CCC2CO2)c(Cl)c1. The van der Waals surface area contributed by atoms with Gasteiger partial charge in [0.2, 0.25) is 0 Å². The van der Waals surface area contributed by atoms with Crippen molar-refractivity contribution >= 4 is 11.6 Å². The number of halogens is 1. The smallest absolute Gasteiger partial charge is 0.0813 e. The highest BCUT2D eigenvalue weighted by Crippen LogP contribution is 2.22. The highest BCUT2D eigenvalue weighted by molar-refractivity contribution is 6.31. The van der Waals surface area contributed by atoms with E-state index in [0.717, 1.165) is 24.5 Å². The van der Waals surface area contributed by atoms with Crippen molar-refractivity contribution in [2.75, 3.05) is 6.61 Å². The number of benzene rings is 1. The van der Waals surface area contributed by atoms with Crippen LogP contribution in [0.2, 0.25) is 5.02 Å². The van der Waals surface area contributed by atoms with Crippen LogP contribution >= 0.6 is 11.6 Å². The van der Waals surface area contributed by atoms with Gasteiger partial charge in [-0.2, -0.15) is 0 Å². The van der Waals surface area contributed by atoms with E-state index in [1.165, 1.54) is 11.1 Å². The third-order valence-electron chi connectivity index (χ3n) is 2.35. The Labute approximate surface area is 83.7 Å². The van der Waals surface area contributed by atoms with Crippen LogP contribution in [0.25, 0.3) is 0 Å². The Hall–Kier alpha value is -0.530. The van der Waals surface area contributed by atoms with Gasteiger partial charge in [0.05, 0.1) is 12.7 Å². The number of hydrogen-bond acceptors (Lipinski definition) is 1. The predicted octanol–water partition coefficient (Wildman–Crippen LogP) is 2.98. The van der Waals surface area contributed by atoms with Crippen LogP contribution in [-0.4, -0.2) is 12.7 Å². The summed E-state index contributed by atoms with van der Waals surface area (Å²) in [5.74, 6) is 0. The lowest BCUT2D eigenvalue weighted by molar-refractivity contribution is 0.397. The minimum atomic E-state index is 0.498. The summed E-state index contributed by atoms with van der Waals surface area (Å²) in [6.07, 6.45) is 2.63. The molecule has 1 fully saturated rings. The van der Waals surface area contributed by atoms with Crippen molar-refractivity contribution in [3.8, 4) is 0 Å². The second kappa shape index (κ2) is 3.69. The molecule has 0 aromatic heterocycles. The van der Waals surface area contributed by atoms with Gasteiger partial charge in [-0.3, -0.25) is 0 Å². The predicted molar refractivity (Wildman–Crippen MR) is 54.3 cm³/mol. The summed E-state index contributed by atoms with van der Waals surface area (Å²) >= 11 is 6.09. The quantitative estimate of drug-likeness (QED) is 0.678. The van der Waals surface area contributed by atoms with Gasteiger partial charge in [0.25, 0.3) is 0 Å². The molecule has 0 spiro atoms. The Morgan fingerprint density at radius 2 is 2.31 bits per heavy atom. The Kier molecular flexibility index (Phi) is 2.56. The topological polar surface area (TPSA) is 12.5 Å². The molecule has 1 unspecified atom stereocenters. The largest absolute Gasteiger partial charge is 0.373 e. The van der Waals surface area contributed by atoms with E-state index >= 15 is 0 Å². The summed E-state index contributed by atoms with van der Waals surface area (Å²) in [6, 6.07) is 6.24. The van der Waals surface area contributed by atoms with E-state index in [-0.39, 0.29) is 0 Å². The first-order valence-electron chi connectivity index (χ1n) is 4.62. The molecule has 0 radical (unpaired) electrons. The summed E-state index contributed by atoms with van der Waals surface area (Å²) in [7, 11) is 0. The van der Waals surface area contributed by atoms with Crippen molar-refractivity contribution in [1.82, 2.24) is 0 Å². The zero-order valence-electron chi connectivity index (χ0n) is 7.72. The van der Waals surface area contributed by atoms with Crippen molar-refractivity contribution in [3.63, 3.8) is 0 Å². The maximum Gasteiger partial charge on any atom is 0.0813 e. The molecule has 1 saturated heterocycles. The third kappa shape index (κ3) is 2.45. The first-order valence-corrected chi connectivity index (χ1v) is 5.00. The first-order chi connectivity index (χ1) is 6.25. The van der Waals surface area contributed by atoms with Gasteiger partial charge in [-0.25, -0.2) is 0 Å². The zero-order chi connectivity index (χ0) is 9.26. The third-order valence-corrected chi connectivity index (χ3v) is 2.70. The Bertz CT molecular complexity index is 305. The molecule has 0 bridgehead atoms. The van der Waals surface area contributed by atoms with E-state index in [1.807, 2.05) is 6.07 Å². The number of aryl methyl sites for hydroxylation is 2. The van der Waals surface area contributed by atoms with E-state index in [4.69, 9.17) is 16.3 Å². The lowest BCUT2D eigenvalue weighted by Gasteiger charge is -2.03. The number of epoxide rings is 1. The standard InChI is InChI=1S/C11H13ClO/c1-8-2-3-9(11(12)6-8)4-5-10-7-13-10/h2-3,6,10H,4-5,7H2,1H3. The summed E-state index contributed by atoms with van der Waals surface area (Å²) in [6.45, 7) is 2.99. The molecule has 1 aliphatic rings. The Morgan fingerprint density at radius 1 is 1.54 bits per heavy atom. The summed E-state index contributed by atoms with van der Waals surface area (Å²) in [5, 5.41) is 0.889. The molecule has 0 N–H and O–H groups in total. The normalized spacial score (nSPS) is 20.3. The van der Waals surface area contributed by atoms with E-state index in [1.54, 1.807) is 0 Å². The molecular weight excluding hydrogens is 184 g/mol. The fourth-order valence-electron chi connectivity index (χ4n) is 1.41. The molecule has 1 nitrogen and oxygen atoms in total. The lowest BCUT2D eigenvalue weighted by atomic mass is 10.1. The summed E-state index contributed by atoms with van der Waals surface area (Å²) < 4.78 is 5.15. The summed E-state index contributed by atoms with van der Waals surface area (Å²) in [4.78, 5) is 0. The van der Waals surface area contributed by atoms with Crippen molar-refractivity contribution in [3.05, 3.63) is 34.3 Å². The molecular formula is C11H13ClO. The van der Waals surface area contributed by atoms with Crippen LogP contribution in [0.1, 0.15) is 17.5 Å². The lowest BCUT2D eigenvalue weighted by Crippen LogP contribution is -1.92. The monoisotopic (exact) mass is 196 g/mol. The van der Waals surface area contributed by atoms with Gasteiger partial charge < -0.3 is 4.74 Å². The van der Waals surface area contributed by atoms with Gasteiger partial charge in [0.1, 0.15) is 0 Å². The van der Waals surface area contributed by atoms with Gasteiger partial charge in [0, 0.05) is 5.02 Å². The first kappa shape index (κ1) is 9.04. The molecule has 0 amide bonds. The van der Waals surface area contributed by atoms with Gasteiger partial charge in [-0.15, -0.1) is 0 Å². The van der Waals surface area contributed by atoms with Gasteiger partial charge >= 0.3 is 0 Å². The van der Waals surface area contributed by atoms with E-state index < -0.39 is 0 Å². The molecule has 1 heterocycles. The van der Waals surface area contributed by atoms with Crippen LogP contribution in [0.3, 0.4) is 0 Å². The van der Waals surface area contributed by atoms with Crippen LogP contribution in [-0.2, 0) is 11.2 Å². The maximum absolute atomic E-state index is 6.09. The van der Waals surface area contributed by atoms with Gasteiger partial charge in [-0.1, -0.05) is 23.7 Å². The second-order valence-electron chi connectivity index (χ2n) is 3.59. The molecule has 2 heteroatoms. The maximum atomic E-state index is 6.09. The number of hydrogen-bond donors (Lipinski definition) is 0. The van der Waals surface area contributed by atoms with Gasteiger partial charge in [-0.05, 0) is 37.0 Å². The average molecular weight is 197 g/mol. The minimum absolute atomic E-state index is 0.498. The Morgan fingerprint density at radius 3 is 2.92 bits per heavy atom. The van der Waals surface area contributed by atoms with Gasteiger partial charge in [0.15, 0.2) is 0 Å². The fourth-order valence-corrected chi connectivity index (χ4v) is 1.74. The number of ether oxygens (including phenoxy) is 1. The molecule has 0 aliphatic carbocycles. The van der Waals surface area contributed by atoms with Crippen LogP contribution in [0.15, 0.2) is 18.2 Å². The van der Waals surface area contributed by atoms with Crippen LogP contribution in [0.4, 0.5) is 0 Å². The van der Waals surface area contributed by atoms with E-state index in [9.17, 15) is 0 Å². The van der Waals surface area contributed by atoms with Crippen molar-refractivity contribution in [2.24, 2.45) is 0 Å². The number of rotatable bonds is 3. The molecule has 1 aromatic carbocycles. The highest BCUT2D eigenvalue weighted by atomic mass is 35.5. The molecule has 13 heavy (non-hydrogen) atoms. The fraction of sp³-hybridized carbons (Fsp3) is 0.455. The van der Waals surface area contributed by atoms with E-state index in [2.05, 4.69) is 19.1 Å².